The molecule has 1 aromatic carbocycles. The third-order valence-corrected chi connectivity index (χ3v) is 2.66. The summed E-state index contributed by atoms with van der Waals surface area (Å²) in [7, 11) is 0. The monoisotopic (exact) mass is 172 g/mol. The Morgan fingerprint density at radius 2 is 2.15 bits per heavy atom. The Kier molecular flexibility index (Phi) is 1.80. The van der Waals surface area contributed by atoms with Crippen LogP contribution in [-0.2, 0) is 6.42 Å². The number of Topliss-reactive ketones (excluding diaryl/α,β-unsaturated/α-hetero) is 1. The largest absolute Gasteiger partial charge is 0.294 e. The number of carbonyl (C=O) groups is 1. The van der Waals surface area contributed by atoms with Gasteiger partial charge in [0.05, 0.1) is 0 Å². The molecule has 1 aliphatic rings. The summed E-state index contributed by atoms with van der Waals surface area (Å²) in [6.45, 7) is 5.75. The van der Waals surface area contributed by atoms with E-state index in [1.807, 2.05) is 25.1 Å². The molecule has 0 amide bonds. The van der Waals surface area contributed by atoms with Crippen LogP contribution in [0.4, 0.5) is 0 Å². The highest BCUT2D eigenvalue weighted by molar-refractivity contribution is 6.02. The van der Waals surface area contributed by atoms with Crippen LogP contribution in [0.25, 0.3) is 6.08 Å². The minimum Gasteiger partial charge on any atom is -0.294 e. The van der Waals surface area contributed by atoms with Crippen LogP contribution in [-0.4, -0.2) is 5.78 Å². The van der Waals surface area contributed by atoms with Crippen LogP contribution in [0, 0.1) is 6.92 Å². The molecule has 2 rings (SSSR count). The van der Waals surface area contributed by atoms with E-state index in [2.05, 4.69) is 6.58 Å². The molecule has 0 spiro atoms. The molecule has 0 unspecified atom stereocenters. The normalized spacial score (nSPS) is 14.4. The van der Waals surface area contributed by atoms with Crippen LogP contribution >= 0.6 is 0 Å². The van der Waals surface area contributed by atoms with Crippen LogP contribution in [0.1, 0.15) is 33.5 Å². The van der Waals surface area contributed by atoms with Crippen LogP contribution in [0.2, 0.25) is 0 Å². The van der Waals surface area contributed by atoms with Gasteiger partial charge in [0.1, 0.15) is 0 Å². The average Bonchev–Trinajstić information content (AvgIpc) is 2.50. The van der Waals surface area contributed by atoms with E-state index in [0.717, 1.165) is 23.1 Å². The summed E-state index contributed by atoms with van der Waals surface area (Å²) in [5.41, 5.74) is 4.35. The maximum atomic E-state index is 11.5. The van der Waals surface area contributed by atoms with Crippen molar-refractivity contribution in [3.63, 3.8) is 0 Å². The number of benzene rings is 1. The van der Waals surface area contributed by atoms with Gasteiger partial charge in [0.15, 0.2) is 5.78 Å². The predicted molar refractivity (Wildman–Crippen MR) is 53.9 cm³/mol. The van der Waals surface area contributed by atoms with Crippen molar-refractivity contribution in [1.29, 1.82) is 0 Å². The maximum absolute atomic E-state index is 11.5. The van der Waals surface area contributed by atoms with Gasteiger partial charge in [-0.05, 0) is 30.0 Å². The van der Waals surface area contributed by atoms with Crippen molar-refractivity contribution in [3.05, 3.63) is 41.0 Å². The quantitative estimate of drug-likeness (QED) is 0.636. The predicted octanol–water partition coefficient (Wildman–Crippen LogP) is 2.77. The van der Waals surface area contributed by atoms with E-state index >= 15 is 0 Å². The zero-order valence-corrected chi connectivity index (χ0v) is 7.76. The molecule has 0 fully saturated rings. The molecule has 1 aliphatic carbocycles. The van der Waals surface area contributed by atoms with Crippen LogP contribution in [0.15, 0.2) is 18.7 Å². The van der Waals surface area contributed by atoms with Gasteiger partial charge < -0.3 is 0 Å². The SMILES string of the molecule is C=Cc1ccc(C)c2c1CCC2=O. The topological polar surface area (TPSA) is 17.1 Å². The molecular weight excluding hydrogens is 160 g/mol. The number of aryl methyl sites for hydroxylation is 1. The van der Waals surface area contributed by atoms with E-state index in [9.17, 15) is 4.79 Å². The van der Waals surface area contributed by atoms with Gasteiger partial charge in [0.2, 0.25) is 0 Å². The molecular formula is C12H12O. The number of fused-ring (bicyclic) bond motifs is 1. The van der Waals surface area contributed by atoms with Crippen molar-refractivity contribution >= 4 is 11.9 Å². The summed E-state index contributed by atoms with van der Waals surface area (Å²) in [4.78, 5) is 11.5. The fourth-order valence-electron chi connectivity index (χ4n) is 1.99. The van der Waals surface area contributed by atoms with Crippen LogP contribution < -0.4 is 0 Å². The molecule has 0 aliphatic heterocycles. The Labute approximate surface area is 78.1 Å². The van der Waals surface area contributed by atoms with Crippen molar-refractivity contribution in [2.75, 3.05) is 0 Å². The van der Waals surface area contributed by atoms with E-state index in [1.165, 1.54) is 5.56 Å². The van der Waals surface area contributed by atoms with Crippen molar-refractivity contribution < 1.29 is 4.79 Å². The molecule has 0 bridgehead atoms. The first-order chi connectivity index (χ1) is 6.24. The van der Waals surface area contributed by atoms with Crippen LogP contribution in [0.3, 0.4) is 0 Å². The lowest BCUT2D eigenvalue weighted by atomic mass is 9.99. The van der Waals surface area contributed by atoms with Gasteiger partial charge in [-0.3, -0.25) is 4.79 Å². The number of hydrogen-bond acceptors (Lipinski definition) is 1. The molecule has 66 valence electrons. The third kappa shape index (κ3) is 1.12. The standard InChI is InChI=1S/C12H12O/c1-3-9-5-4-8(2)12-10(9)6-7-11(12)13/h3-5H,1,6-7H2,2H3. The first-order valence-electron chi connectivity index (χ1n) is 4.52. The van der Waals surface area contributed by atoms with Gasteiger partial charge >= 0.3 is 0 Å². The van der Waals surface area contributed by atoms with Crippen LogP contribution in [0.5, 0.6) is 0 Å². The molecule has 0 heterocycles. The molecule has 0 radical (unpaired) electrons. The van der Waals surface area contributed by atoms with E-state index in [4.69, 9.17) is 0 Å². The Morgan fingerprint density at radius 1 is 1.38 bits per heavy atom. The second kappa shape index (κ2) is 2.84. The van der Waals surface area contributed by atoms with Crippen molar-refractivity contribution in [1.82, 2.24) is 0 Å². The third-order valence-electron chi connectivity index (χ3n) is 2.66. The lowest BCUT2D eigenvalue weighted by molar-refractivity contribution is 0.0994. The second-order valence-electron chi connectivity index (χ2n) is 3.45. The molecule has 0 saturated carbocycles. The fourth-order valence-corrected chi connectivity index (χ4v) is 1.99. The first kappa shape index (κ1) is 8.24. The molecule has 13 heavy (non-hydrogen) atoms. The fraction of sp³-hybridized carbons (Fsp3) is 0.250. The van der Waals surface area contributed by atoms with Gasteiger partial charge in [-0.1, -0.05) is 24.8 Å². The van der Waals surface area contributed by atoms with E-state index in [0.29, 0.717) is 6.42 Å². The highest BCUT2D eigenvalue weighted by atomic mass is 16.1. The highest BCUT2D eigenvalue weighted by Gasteiger charge is 2.22. The lowest BCUT2D eigenvalue weighted by Crippen LogP contribution is -1.96. The van der Waals surface area contributed by atoms with Gasteiger partial charge in [0, 0.05) is 12.0 Å². The molecule has 0 saturated heterocycles. The number of rotatable bonds is 1. The van der Waals surface area contributed by atoms with E-state index in [1.54, 1.807) is 0 Å². The Balaban J connectivity index is 2.72. The molecule has 1 heteroatoms. The minimum atomic E-state index is 0.288. The molecule has 0 aromatic heterocycles. The molecule has 0 N–H and O–H groups in total. The van der Waals surface area contributed by atoms with E-state index < -0.39 is 0 Å². The summed E-state index contributed by atoms with van der Waals surface area (Å²) >= 11 is 0. The second-order valence-corrected chi connectivity index (χ2v) is 3.45. The lowest BCUT2D eigenvalue weighted by Gasteiger charge is -2.05. The van der Waals surface area contributed by atoms with Gasteiger partial charge in [-0.15, -0.1) is 0 Å². The van der Waals surface area contributed by atoms with Gasteiger partial charge in [-0.2, -0.15) is 0 Å². The number of ketones is 1. The molecule has 0 atom stereocenters. The molecule has 1 aromatic rings. The van der Waals surface area contributed by atoms with Crippen molar-refractivity contribution in [2.24, 2.45) is 0 Å². The summed E-state index contributed by atoms with van der Waals surface area (Å²) in [5, 5.41) is 0. The summed E-state index contributed by atoms with van der Waals surface area (Å²) in [6.07, 6.45) is 3.38. The molecule has 1 nitrogen and oxygen atoms in total. The van der Waals surface area contributed by atoms with Gasteiger partial charge in [0.25, 0.3) is 0 Å². The number of hydrogen-bond donors (Lipinski definition) is 0. The summed E-state index contributed by atoms with van der Waals surface area (Å²) < 4.78 is 0. The Hall–Kier alpha value is -1.37. The highest BCUT2D eigenvalue weighted by Crippen LogP contribution is 2.28. The number of carbonyl (C=O) groups excluding carboxylic acids is 1. The van der Waals surface area contributed by atoms with E-state index in [-0.39, 0.29) is 5.78 Å². The van der Waals surface area contributed by atoms with Crippen molar-refractivity contribution in [2.45, 2.75) is 19.8 Å². The summed E-state index contributed by atoms with van der Waals surface area (Å²) in [6, 6.07) is 4.04. The maximum Gasteiger partial charge on any atom is 0.163 e. The summed E-state index contributed by atoms with van der Waals surface area (Å²) in [5.74, 6) is 0.288. The Bertz CT molecular complexity index is 388. The van der Waals surface area contributed by atoms with Gasteiger partial charge in [-0.25, -0.2) is 0 Å². The van der Waals surface area contributed by atoms with Crippen molar-refractivity contribution in [3.8, 4) is 0 Å². The minimum absolute atomic E-state index is 0.288. The first-order valence-corrected chi connectivity index (χ1v) is 4.52. The Morgan fingerprint density at radius 3 is 2.85 bits per heavy atom. The zero-order chi connectivity index (χ0) is 9.42. The zero-order valence-electron chi connectivity index (χ0n) is 7.76. The smallest absolute Gasteiger partial charge is 0.163 e. The average molecular weight is 172 g/mol.